The average Bonchev–Trinajstić information content (AvgIpc) is 2.48. The van der Waals surface area contributed by atoms with Gasteiger partial charge in [0, 0.05) is 24.4 Å². The van der Waals surface area contributed by atoms with Gasteiger partial charge >= 0.3 is 0 Å². The molecule has 0 amide bonds. The number of anilines is 1. The molecule has 0 aliphatic rings. The summed E-state index contributed by atoms with van der Waals surface area (Å²) in [5, 5.41) is 14.0. The second-order valence-electron chi connectivity index (χ2n) is 5.20. The zero-order valence-corrected chi connectivity index (χ0v) is 12.8. The summed E-state index contributed by atoms with van der Waals surface area (Å²) in [5.41, 5.74) is 3.06. The first-order valence-electron chi connectivity index (χ1n) is 7.24. The Morgan fingerprint density at radius 1 is 1.18 bits per heavy atom. The van der Waals surface area contributed by atoms with Crippen LogP contribution in [0.1, 0.15) is 17.5 Å². The van der Waals surface area contributed by atoms with Gasteiger partial charge in [-0.2, -0.15) is 0 Å². The number of nitro groups is 1. The maximum atomic E-state index is 10.8. The number of benzene rings is 2. The largest absolute Gasteiger partial charge is 0.494 e. The van der Waals surface area contributed by atoms with Crippen LogP contribution in [0.3, 0.4) is 0 Å². The molecule has 1 N–H and O–H groups in total. The van der Waals surface area contributed by atoms with Crippen molar-refractivity contribution in [3.05, 3.63) is 63.7 Å². The Morgan fingerprint density at radius 2 is 2.00 bits per heavy atom. The van der Waals surface area contributed by atoms with E-state index in [1.807, 2.05) is 38.1 Å². The van der Waals surface area contributed by atoms with Crippen molar-refractivity contribution in [3.8, 4) is 5.75 Å². The Kier molecular flexibility index (Phi) is 5.36. The highest BCUT2D eigenvalue weighted by molar-refractivity contribution is 5.56. The van der Waals surface area contributed by atoms with Crippen molar-refractivity contribution >= 4 is 11.4 Å². The molecule has 2 rings (SSSR count). The van der Waals surface area contributed by atoms with Gasteiger partial charge < -0.3 is 10.1 Å². The van der Waals surface area contributed by atoms with Crippen molar-refractivity contribution in [2.24, 2.45) is 0 Å². The predicted molar refractivity (Wildman–Crippen MR) is 87.6 cm³/mol. The van der Waals surface area contributed by atoms with Crippen LogP contribution >= 0.6 is 0 Å². The fourth-order valence-corrected chi connectivity index (χ4v) is 2.10. The minimum atomic E-state index is -0.383. The third kappa shape index (κ3) is 4.48. The molecule has 0 saturated carbocycles. The Balaban J connectivity index is 1.79. The Labute approximate surface area is 130 Å². The summed E-state index contributed by atoms with van der Waals surface area (Å²) in [6.45, 7) is 5.26. The Hall–Kier alpha value is -2.56. The zero-order chi connectivity index (χ0) is 15.9. The minimum absolute atomic E-state index is 0.101. The first kappa shape index (κ1) is 15.8. The monoisotopic (exact) mass is 300 g/mol. The normalized spacial score (nSPS) is 10.3. The summed E-state index contributed by atoms with van der Waals surface area (Å²) in [4.78, 5) is 10.4. The van der Waals surface area contributed by atoms with Crippen molar-refractivity contribution < 1.29 is 9.66 Å². The molecule has 2 aromatic carbocycles. The lowest BCUT2D eigenvalue weighted by Crippen LogP contribution is -2.08. The van der Waals surface area contributed by atoms with Crippen LogP contribution in [0.25, 0.3) is 0 Å². The van der Waals surface area contributed by atoms with Crippen LogP contribution < -0.4 is 10.1 Å². The van der Waals surface area contributed by atoms with Crippen LogP contribution in [-0.2, 0) is 0 Å². The number of nitro benzene ring substituents is 1. The number of hydrogen-bond donors (Lipinski definition) is 1. The fourth-order valence-electron chi connectivity index (χ4n) is 2.10. The van der Waals surface area contributed by atoms with Gasteiger partial charge in [-0.15, -0.1) is 0 Å². The predicted octanol–water partition coefficient (Wildman–Crippen LogP) is 4.09. The molecule has 0 heterocycles. The molecule has 0 radical (unpaired) electrons. The molecule has 0 fully saturated rings. The third-order valence-electron chi connectivity index (χ3n) is 3.33. The van der Waals surface area contributed by atoms with Crippen molar-refractivity contribution in [3.63, 3.8) is 0 Å². The summed E-state index contributed by atoms with van der Waals surface area (Å²) in [6.07, 6.45) is 0.816. The number of hydrogen-bond acceptors (Lipinski definition) is 4. The van der Waals surface area contributed by atoms with E-state index in [4.69, 9.17) is 4.74 Å². The molecular weight excluding hydrogens is 280 g/mol. The highest BCUT2D eigenvalue weighted by Crippen LogP contribution is 2.21. The summed E-state index contributed by atoms with van der Waals surface area (Å²) in [6, 6.07) is 12.8. The second kappa shape index (κ2) is 7.45. The molecule has 0 aromatic heterocycles. The van der Waals surface area contributed by atoms with Gasteiger partial charge in [-0.3, -0.25) is 10.1 Å². The van der Waals surface area contributed by atoms with Crippen molar-refractivity contribution in [1.29, 1.82) is 0 Å². The molecule has 0 spiro atoms. The molecule has 0 atom stereocenters. The van der Waals surface area contributed by atoms with E-state index in [-0.39, 0.29) is 10.6 Å². The van der Waals surface area contributed by atoms with E-state index < -0.39 is 0 Å². The number of aryl methyl sites for hydroxylation is 2. The molecule has 0 saturated heterocycles. The van der Waals surface area contributed by atoms with Gasteiger partial charge in [-0.25, -0.2) is 0 Å². The maximum Gasteiger partial charge on any atom is 0.271 e. The van der Waals surface area contributed by atoms with E-state index >= 15 is 0 Å². The standard InChI is InChI=1S/C17H20N2O3/c1-13-5-3-6-16(11-13)22-10-4-9-18-17-12-15(19(20)21)8-7-14(17)2/h3,5-8,11-12,18H,4,9-10H2,1-2H3. The average molecular weight is 300 g/mol. The second-order valence-corrected chi connectivity index (χ2v) is 5.20. The lowest BCUT2D eigenvalue weighted by molar-refractivity contribution is -0.384. The topological polar surface area (TPSA) is 64.4 Å². The molecule has 0 aliphatic heterocycles. The highest BCUT2D eigenvalue weighted by Gasteiger charge is 2.07. The van der Waals surface area contributed by atoms with Gasteiger partial charge in [0.05, 0.1) is 11.5 Å². The summed E-state index contributed by atoms with van der Waals surface area (Å²) in [7, 11) is 0. The van der Waals surface area contributed by atoms with Crippen molar-refractivity contribution in [2.45, 2.75) is 20.3 Å². The highest BCUT2D eigenvalue weighted by atomic mass is 16.6. The van der Waals surface area contributed by atoms with Crippen LogP contribution in [0, 0.1) is 24.0 Å². The van der Waals surface area contributed by atoms with E-state index in [9.17, 15) is 10.1 Å². The summed E-state index contributed by atoms with van der Waals surface area (Å²) in [5.74, 6) is 0.867. The molecular formula is C17H20N2O3. The van der Waals surface area contributed by atoms with E-state index in [1.165, 1.54) is 11.6 Å². The van der Waals surface area contributed by atoms with Crippen LogP contribution in [0.15, 0.2) is 42.5 Å². The summed E-state index contributed by atoms with van der Waals surface area (Å²) < 4.78 is 5.67. The number of nitrogens with zero attached hydrogens (tertiary/aromatic N) is 1. The van der Waals surface area contributed by atoms with E-state index in [1.54, 1.807) is 12.1 Å². The SMILES string of the molecule is Cc1cccc(OCCCNc2cc([N+](=O)[O-])ccc2C)c1. The number of nitrogens with one attached hydrogen (secondary N) is 1. The lowest BCUT2D eigenvalue weighted by Gasteiger charge is -2.10. The molecule has 5 nitrogen and oxygen atoms in total. The third-order valence-corrected chi connectivity index (χ3v) is 3.33. The number of rotatable bonds is 7. The van der Waals surface area contributed by atoms with Crippen LogP contribution in [-0.4, -0.2) is 18.1 Å². The quantitative estimate of drug-likeness (QED) is 0.475. The Bertz CT molecular complexity index is 656. The molecule has 0 aliphatic carbocycles. The van der Waals surface area contributed by atoms with Crippen LogP contribution in [0.5, 0.6) is 5.75 Å². The molecule has 5 heteroatoms. The van der Waals surface area contributed by atoms with E-state index in [2.05, 4.69) is 5.32 Å². The minimum Gasteiger partial charge on any atom is -0.494 e. The number of non-ortho nitro benzene ring substituents is 1. The van der Waals surface area contributed by atoms with Gasteiger partial charge in [0.15, 0.2) is 0 Å². The first-order chi connectivity index (χ1) is 10.6. The maximum absolute atomic E-state index is 10.8. The first-order valence-corrected chi connectivity index (χ1v) is 7.24. The van der Waals surface area contributed by atoms with Gasteiger partial charge in [-0.1, -0.05) is 18.2 Å². The molecule has 2 aromatic rings. The van der Waals surface area contributed by atoms with Gasteiger partial charge in [0.2, 0.25) is 0 Å². The summed E-state index contributed by atoms with van der Waals surface area (Å²) >= 11 is 0. The van der Waals surface area contributed by atoms with Crippen molar-refractivity contribution in [2.75, 3.05) is 18.5 Å². The van der Waals surface area contributed by atoms with Crippen molar-refractivity contribution in [1.82, 2.24) is 0 Å². The van der Waals surface area contributed by atoms with E-state index in [0.717, 1.165) is 23.4 Å². The zero-order valence-electron chi connectivity index (χ0n) is 12.8. The van der Waals surface area contributed by atoms with Gasteiger partial charge in [0.1, 0.15) is 5.75 Å². The van der Waals surface area contributed by atoms with Gasteiger partial charge in [0.25, 0.3) is 5.69 Å². The van der Waals surface area contributed by atoms with Crippen LogP contribution in [0.2, 0.25) is 0 Å². The molecule has 0 bridgehead atoms. The van der Waals surface area contributed by atoms with Crippen LogP contribution in [0.4, 0.5) is 11.4 Å². The fraction of sp³-hybridized carbons (Fsp3) is 0.294. The van der Waals surface area contributed by atoms with E-state index in [0.29, 0.717) is 13.2 Å². The molecule has 116 valence electrons. The molecule has 22 heavy (non-hydrogen) atoms. The Morgan fingerprint density at radius 3 is 2.73 bits per heavy atom. The molecule has 0 unspecified atom stereocenters. The smallest absolute Gasteiger partial charge is 0.271 e. The van der Waals surface area contributed by atoms with Gasteiger partial charge in [-0.05, 0) is 43.5 Å². The lowest BCUT2D eigenvalue weighted by atomic mass is 10.2. The number of ether oxygens (including phenoxy) is 1.